The summed E-state index contributed by atoms with van der Waals surface area (Å²) >= 11 is 1.44. The van der Waals surface area contributed by atoms with Gasteiger partial charge in [-0.2, -0.15) is 5.10 Å². The normalized spacial score (nSPS) is 12.7. The van der Waals surface area contributed by atoms with E-state index in [1.807, 2.05) is 43.3 Å². The number of fused-ring (bicyclic) bond motifs is 1. The second-order valence-electron chi connectivity index (χ2n) is 6.59. The van der Waals surface area contributed by atoms with Gasteiger partial charge in [0.25, 0.3) is 0 Å². The minimum absolute atomic E-state index is 0.298. The summed E-state index contributed by atoms with van der Waals surface area (Å²) in [5, 5.41) is 7.23. The molecule has 0 unspecified atom stereocenters. The Labute approximate surface area is 168 Å². The number of rotatable bonds is 6. The molecule has 28 heavy (non-hydrogen) atoms. The molecule has 1 aliphatic rings. The number of esters is 1. The number of carbonyl (C=O) groups excluding carboxylic acids is 2. The molecule has 0 atom stereocenters. The third kappa shape index (κ3) is 4.51. The second-order valence-corrected chi connectivity index (χ2v) is 7.70. The zero-order valence-electron chi connectivity index (χ0n) is 16.2. The fraction of sp³-hybridized carbons (Fsp3) is 0.350. The molecule has 2 aromatic rings. The van der Waals surface area contributed by atoms with Gasteiger partial charge in [-0.1, -0.05) is 12.1 Å². The highest BCUT2D eigenvalue weighted by Crippen LogP contribution is 2.39. The van der Waals surface area contributed by atoms with E-state index in [2.05, 4.69) is 15.8 Å². The maximum Gasteiger partial charge on any atom is 0.341 e. The number of nitrogens with zero attached hydrogens (tertiary/aromatic N) is 2. The van der Waals surface area contributed by atoms with Gasteiger partial charge in [0.15, 0.2) is 0 Å². The van der Waals surface area contributed by atoms with E-state index in [4.69, 9.17) is 4.74 Å². The first-order valence-electron chi connectivity index (χ1n) is 9.18. The molecular formula is C20H24N4O3S. The Bertz CT molecular complexity index is 888. The van der Waals surface area contributed by atoms with Crippen LogP contribution in [-0.4, -0.2) is 38.9 Å². The summed E-state index contributed by atoms with van der Waals surface area (Å²) < 4.78 is 5.16. The number of ether oxygens (including phenoxy) is 1. The van der Waals surface area contributed by atoms with Crippen LogP contribution in [0, 0.1) is 0 Å². The van der Waals surface area contributed by atoms with E-state index in [-0.39, 0.29) is 5.97 Å². The van der Waals surface area contributed by atoms with Gasteiger partial charge in [0, 0.05) is 24.7 Å². The molecule has 2 amide bonds. The molecule has 1 aliphatic carbocycles. The van der Waals surface area contributed by atoms with Crippen LogP contribution < -0.4 is 15.6 Å². The van der Waals surface area contributed by atoms with Crippen molar-refractivity contribution in [1.29, 1.82) is 0 Å². The van der Waals surface area contributed by atoms with Gasteiger partial charge >= 0.3 is 12.0 Å². The van der Waals surface area contributed by atoms with Gasteiger partial charge in [-0.25, -0.2) is 15.0 Å². The molecule has 1 aromatic carbocycles. The molecule has 2 N–H and O–H groups in total. The van der Waals surface area contributed by atoms with Crippen LogP contribution in [0.25, 0.3) is 0 Å². The van der Waals surface area contributed by atoms with E-state index >= 15 is 0 Å². The van der Waals surface area contributed by atoms with Crippen molar-refractivity contribution in [2.45, 2.75) is 26.2 Å². The molecule has 8 heteroatoms. The minimum atomic E-state index is -0.494. The Hall–Kier alpha value is -2.87. The number of hydrazone groups is 1. The van der Waals surface area contributed by atoms with Crippen molar-refractivity contribution < 1.29 is 14.3 Å². The van der Waals surface area contributed by atoms with Crippen LogP contribution in [0.4, 0.5) is 15.5 Å². The van der Waals surface area contributed by atoms with Crippen LogP contribution >= 0.6 is 11.3 Å². The molecule has 7 nitrogen and oxygen atoms in total. The molecule has 0 aliphatic heterocycles. The van der Waals surface area contributed by atoms with E-state index in [0.29, 0.717) is 17.2 Å². The first-order valence-corrected chi connectivity index (χ1v) is 10.00. The quantitative estimate of drug-likeness (QED) is 0.441. The summed E-state index contributed by atoms with van der Waals surface area (Å²) in [4.78, 5) is 27.7. The van der Waals surface area contributed by atoms with Crippen molar-refractivity contribution >= 4 is 40.2 Å². The van der Waals surface area contributed by atoms with Crippen molar-refractivity contribution in [3.8, 4) is 0 Å². The summed E-state index contributed by atoms with van der Waals surface area (Å²) in [6.45, 7) is 2.07. The first-order chi connectivity index (χ1) is 13.5. The molecule has 0 saturated heterocycles. The van der Waals surface area contributed by atoms with Crippen LogP contribution in [0.2, 0.25) is 0 Å². The number of carbonyl (C=O) groups is 2. The number of aryl methyl sites for hydroxylation is 1. The fourth-order valence-corrected chi connectivity index (χ4v) is 4.34. The lowest BCUT2D eigenvalue weighted by molar-refractivity contribution is 0.0527. The van der Waals surface area contributed by atoms with Crippen molar-refractivity contribution in [2.24, 2.45) is 5.10 Å². The Balaban J connectivity index is 1.64. The molecule has 148 valence electrons. The number of hydrogen-bond acceptors (Lipinski definition) is 6. The van der Waals surface area contributed by atoms with Crippen LogP contribution in [-0.2, 0) is 17.6 Å². The molecule has 0 saturated carbocycles. The summed E-state index contributed by atoms with van der Waals surface area (Å²) in [6, 6.07) is 7.29. The number of nitrogens with one attached hydrogen (secondary N) is 2. The number of anilines is 2. The van der Waals surface area contributed by atoms with Crippen LogP contribution in [0.5, 0.6) is 0 Å². The third-order valence-electron chi connectivity index (χ3n) is 4.42. The van der Waals surface area contributed by atoms with E-state index < -0.39 is 6.03 Å². The van der Waals surface area contributed by atoms with Crippen LogP contribution in [0.15, 0.2) is 29.4 Å². The van der Waals surface area contributed by atoms with E-state index in [1.54, 1.807) is 13.1 Å². The number of benzene rings is 1. The summed E-state index contributed by atoms with van der Waals surface area (Å²) in [5.74, 6) is -0.387. The second kappa shape index (κ2) is 8.88. The molecule has 0 spiro atoms. The number of hydrogen-bond donors (Lipinski definition) is 2. The van der Waals surface area contributed by atoms with E-state index in [0.717, 1.165) is 41.0 Å². The molecule has 1 heterocycles. The van der Waals surface area contributed by atoms with Gasteiger partial charge in [-0.3, -0.25) is 5.32 Å². The maximum atomic E-state index is 12.3. The predicted octanol–water partition coefficient (Wildman–Crippen LogP) is 3.64. The fourth-order valence-electron chi connectivity index (χ4n) is 3.07. The third-order valence-corrected chi connectivity index (χ3v) is 5.62. The van der Waals surface area contributed by atoms with Crippen molar-refractivity contribution in [2.75, 3.05) is 30.9 Å². The lowest BCUT2D eigenvalue weighted by Gasteiger charge is -2.11. The summed E-state index contributed by atoms with van der Waals surface area (Å²) in [6.07, 6.45) is 4.36. The standard InChI is InChI=1S/C20H24N4O3S/c1-4-27-19(25)17-15-6-5-7-16(15)28-18(17)22-20(26)23-21-12-13-8-10-14(11-9-13)24(2)3/h8-12H,4-7H2,1-3H3,(H2,22,23,26). The molecule has 0 radical (unpaired) electrons. The van der Waals surface area contributed by atoms with E-state index in [1.165, 1.54) is 11.3 Å². The Morgan fingerprint density at radius 3 is 2.68 bits per heavy atom. The zero-order chi connectivity index (χ0) is 20.1. The predicted molar refractivity (Wildman–Crippen MR) is 113 cm³/mol. The topological polar surface area (TPSA) is 83.0 Å². The van der Waals surface area contributed by atoms with Gasteiger partial charge < -0.3 is 9.64 Å². The maximum absolute atomic E-state index is 12.3. The van der Waals surface area contributed by atoms with Gasteiger partial charge in [-0.15, -0.1) is 11.3 Å². The number of urea groups is 1. The molecule has 0 fully saturated rings. The van der Waals surface area contributed by atoms with Crippen molar-refractivity contribution in [3.63, 3.8) is 0 Å². The van der Waals surface area contributed by atoms with Gasteiger partial charge in [-0.05, 0) is 49.4 Å². The average molecular weight is 401 g/mol. The summed E-state index contributed by atoms with van der Waals surface area (Å²) in [7, 11) is 3.94. The first kappa shape index (κ1) is 19.9. The van der Waals surface area contributed by atoms with Gasteiger partial charge in [0.2, 0.25) is 0 Å². The molecule has 1 aromatic heterocycles. The van der Waals surface area contributed by atoms with Gasteiger partial charge in [0.05, 0.1) is 18.4 Å². The Morgan fingerprint density at radius 2 is 2.00 bits per heavy atom. The van der Waals surface area contributed by atoms with E-state index in [9.17, 15) is 9.59 Å². The van der Waals surface area contributed by atoms with Crippen molar-refractivity contribution in [1.82, 2.24) is 5.43 Å². The smallest absolute Gasteiger partial charge is 0.341 e. The Kier molecular flexibility index (Phi) is 6.30. The highest BCUT2D eigenvalue weighted by atomic mass is 32.1. The average Bonchev–Trinajstić information content (AvgIpc) is 3.23. The Morgan fingerprint density at radius 1 is 1.25 bits per heavy atom. The summed E-state index contributed by atoms with van der Waals surface area (Å²) in [5.41, 5.74) is 5.88. The lowest BCUT2D eigenvalue weighted by Crippen LogP contribution is -2.25. The largest absolute Gasteiger partial charge is 0.462 e. The number of amides is 2. The molecule has 3 rings (SSSR count). The van der Waals surface area contributed by atoms with Crippen LogP contribution in [0.1, 0.15) is 39.7 Å². The lowest BCUT2D eigenvalue weighted by atomic mass is 10.1. The highest BCUT2D eigenvalue weighted by molar-refractivity contribution is 7.17. The van der Waals surface area contributed by atoms with Gasteiger partial charge in [0.1, 0.15) is 5.00 Å². The highest BCUT2D eigenvalue weighted by Gasteiger charge is 2.28. The SMILES string of the molecule is CCOC(=O)c1c(NC(=O)NN=Cc2ccc(N(C)C)cc2)sc2c1CCC2. The minimum Gasteiger partial charge on any atom is -0.462 e. The van der Waals surface area contributed by atoms with Crippen LogP contribution in [0.3, 0.4) is 0 Å². The van der Waals surface area contributed by atoms with Crippen molar-refractivity contribution in [3.05, 3.63) is 45.8 Å². The molecular weight excluding hydrogens is 376 g/mol. The molecule has 0 bridgehead atoms. The number of thiophene rings is 1. The monoisotopic (exact) mass is 400 g/mol. The zero-order valence-corrected chi connectivity index (χ0v) is 17.1.